The summed E-state index contributed by atoms with van der Waals surface area (Å²) in [7, 11) is 0. The van der Waals surface area contributed by atoms with E-state index in [2.05, 4.69) is 11.4 Å². The monoisotopic (exact) mass is 460 g/mol. The molecule has 31 heavy (non-hydrogen) atoms. The van der Waals surface area contributed by atoms with Crippen molar-refractivity contribution in [3.8, 4) is 0 Å². The zero-order chi connectivity index (χ0) is 20.9. The molecule has 0 radical (unpaired) electrons. The summed E-state index contributed by atoms with van der Waals surface area (Å²) in [6.45, 7) is 2.61. The van der Waals surface area contributed by atoms with Gasteiger partial charge in [0.15, 0.2) is 5.78 Å². The van der Waals surface area contributed by atoms with Crippen molar-refractivity contribution in [3.05, 3.63) is 63.7 Å². The van der Waals surface area contributed by atoms with E-state index in [1.165, 1.54) is 16.7 Å². The molecule has 2 aliphatic heterocycles. The minimum atomic E-state index is 0. The van der Waals surface area contributed by atoms with Crippen LogP contribution in [-0.4, -0.2) is 31.3 Å². The smallest absolute Gasteiger partial charge is 0.227 e. The molecule has 0 aliphatic carbocycles. The van der Waals surface area contributed by atoms with Crippen molar-refractivity contribution < 1.29 is 9.59 Å². The van der Waals surface area contributed by atoms with Crippen LogP contribution in [0.4, 0.5) is 5.69 Å². The number of amides is 1. The van der Waals surface area contributed by atoms with Crippen LogP contribution in [0.25, 0.3) is 0 Å². The van der Waals surface area contributed by atoms with Gasteiger partial charge in [-0.2, -0.15) is 0 Å². The third-order valence-corrected chi connectivity index (χ3v) is 6.50. The van der Waals surface area contributed by atoms with Gasteiger partial charge in [-0.15, -0.1) is 12.4 Å². The molecule has 0 fully saturated rings. The van der Waals surface area contributed by atoms with Crippen molar-refractivity contribution in [2.75, 3.05) is 24.5 Å². The Bertz CT molecular complexity index is 928. The Hall–Kier alpha value is -1.88. The van der Waals surface area contributed by atoms with Gasteiger partial charge in [0.25, 0.3) is 0 Å². The molecule has 1 N–H and O–H groups in total. The van der Waals surface area contributed by atoms with Crippen LogP contribution in [0.15, 0.2) is 36.4 Å². The molecule has 2 aromatic rings. The largest absolute Gasteiger partial charge is 0.316 e. The number of anilines is 1. The molecule has 2 aromatic carbocycles. The molecule has 0 saturated heterocycles. The van der Waals surface area contributed by atoms with Crippen molar-refractivity contribution >= 4 is 41.4 Å². The van der Waals surface area contributed by atoms with E-state index in [9.17, 15) is 9.59 Å². The zero-order valence-electron chi connectivity index (χ0n) is 17.8. The Morgan fingerprint density at radius 1 is 1.03 bits per heavy atom. The van der Waals surface area contributed by atoms with E-state index < -0.39 is 0 Å². The van der Waals surface area contributed by atoms with Gasteiger partial charge in [0.05, 0.1) is 5.69 Å². The van der Waals surface area contributed by atoms with Gasteiger partial charge in [0.2, 0.25) is 5.91 Å². The molecule has 0 saturated carbocycles. The molecule has 4 rings (SSSR count). The number of hydrogen-bond donors (Lipinski definition) is 1. The maximum absolute atomic E-state index is 12.8. The molecular formula is C25H30Cl2N2O2. The van der Waals surface area contributed by atoms with E-state index >= 15 is 0 Å². The Kier molecular flexibility index (Phi) is 8.53. The average Bonchev–Trinajstić information content (AvgIpc) is 2.76. The molecule has 2 heterocycles. The lowest BCUT2D eigenvalue weighted by Crippen LogP contribution is -2.39. The molecule has 6 heteroatoms. The van der Waals surface area contributed by atoms with Crippen LogP contribution in [-0.2, 0) is 24.1 Å². The van der Waals surface area contributed by atoms with E-state index in [1.54, 1.807) is 0 Å². The highest BCUT2D eigenvalue weighted by molar-refractivity contribution is 6.31. The molecular weight excluding hydrogens is 431 g/mol. The van der Waals surface area contributed by atoms with Crippen LogP contribution < -0.4 is 10.2 Å². The van der Waals surface area contributed by atoms with Crippen LogP contribution in [0.2, 0.25) is 5.02 Å². The number of aryl methyl sites for hydroxylation is 2. The topological polar surface area (TPSA) is 49.4 Å². The number of nitrogens with one attached hydrogen (secondary N) is 1. The van der Waals surface area contributed by atoms with Crippen LogP contribution >= 0.6 is 24.0 Å². The predicted molar refractivity (Wildman–Crippen MR) is 129 cm³/mol. The lowest BCUT2D eigenvalue weighted by molar-refractivity contribution is -0.119. The minimum Gasteiger partial charge on any atom is -0.316 e. The van der Waals surface area contributed by atoms with Crippen LogP contribution in [0.3, 0.4) is 0 Å². The lowest BCUT2D eigenvalue weighted by Gasteiger charge is -2.35. The van der Waals surface area contributed by atoms with Crippen LogP contribution in [0, 0.1) is 0 Å². The van der Waals surface area contributed by atoms with E-state index in [0.29, 0.717) is 12.8 Å². The first kappa shape index (κ1) is 23.8. The molecule has 4 nitrogen and oxygen atoms in total. The van der Waals surface area contributed by atoms with E-state index in [0.717, 1.165) is 74.4 Å². The summed E-state index contributed by atoms with van der Waals surface area (Å²) in [6.07, 6.45) is 6.61. The summed E-state index contributed by atoms with van der Waals surface area (Å²) in [5.41, 5.74) is 5.44. The summed E-state index contributed by atoms with van der Waals surface area (Å²) in [5, 5.41) is 4.26. The second-order valence-electron chi connectivity index (χ2n) is 8.26. The first-order chi connectivity index (χ1) is 14.6. The Morgan fingerprint density at radius 3 is 2.61 bits per heavy atom. The molecule has 0 bridgehead atoms. The molecule has 0 spiro atoms. The molecule has 2 aliphatic rings. The fourth-order valence-electron chi connectivity index (χ4n) is 4.54. The van der Waals surface area contributed by atoms with Gasteiger partial charge < -0.3 is 10.2 Å². The highest BCUT2D eigenvalue weighted by Crippen LogP contribution is 2.36. The van der Waals surface area contributed by atoms with Gasteiger partial charge in [-0.3, -0.25) is 9.59 Å². The second-order valence-corrected chi connectivity index (χ2v) is 8.67. The number of hydrogen-bond acceptors (Lipinski definition) is 3. The molecule has 1 amide bonds. The number of halogens is 2. The number of benzene rings is 2. The summed E-state index contributed by atoms with van der Waals surface area (Å²) >= 11 is 6.18. The number of ketones is 1. The molecule has 0 aromatic heterocycles. The fraction of sp³-hybridized carbons (Fsp3) is 0.440. The third kappa shape index (κ3) is 5.68. The Labute approximate surface area is 195 Å². The number of rotatable bonds is 9. The number of carbonyl (C=O) groups is 2. The van der Waals surface area contributed by atoms with Crippen molar-refractivity contribution in [3.63, 3.8) is 0 Å². The van der Waals surface area contributed by atoms with Gasteiger partial charge in [0.1, 0.15) is 0 Å². The number of carbonyl (C=O) groups excluding carboxylic acids is 2. The van der Waals surface area contributed by atoms with Gasteiger partial charge >= 0.3 is 0 Å². The van der Waals surface area contributed by atoms with Crippen molar-refractivity contribution in [2.24, 2.45) is 0 Å². The van der Waals surface area contributed by atoms with Gasteiger partial charge in [0, 0.05) is 30.0 Å². The van der Waals surface area contributed by atoms with Crippen LogP contribution in [0.1, 0.15) is 59.2 Å². The van der Waals surface area contributed by atoms with Gasteiger partial charge in [-0.25, -0.2) is 0 Å². The molecule has 0 unspecified atom stereocenters. The highest BCUT2D eigenvalue weighted by atomic mass is 35.5. The normalized spacial score (nSPS) is 14.7. The first-order valence-electron chi connectivity index (χ1n) is 11.1. The summed E-state index contributed by atoms with van der Waals surface area (Å²) < 4.78 is 0. The van der Waals surface area contributed by atoms with Crippen molar-refractivity contribution in [1.82, 2.24) is 5.32 Å². The van der Waals surface area contributed by atoms with Gasteiger partial charge in [-0.1, -0.05) is 29.8 Å². The molecule has 0 atom stereocenters. The quantitative estimate of drug-likeness (QED) is 0.414. The zero-order valence-corrected chi connectivity index (χ0v) is 19.4. The summed E-state index contributed by atoms with van der Waals surface area (Å²) in [5.74, 6) is 0.448. The third-order valence-electron chi connectivity index (χ3n) is 6.13. The maximum atomic E-state index is 12.8. The highest BCUT2D eigenvalue weighted by Gasteiger charge is 2.30. The van der Waals surface area contributed by atoms with Crippen LogP contribution in [0.5, 0.6) is 0 Å². The van der Waals surface area contributed by atoms with Gasteiger partial charge in [-0.05, 0) is 86.5 Å². The lowest BCUT2D eigenvalue weighted by atomic mass is 9.88. The predicted octanol–water partition coefficient (Wildman–Crippen LogP) is 5.17. The minimum absolute atomic E-state index is 0. The first-order valence-corrected chi connectivity index (χ1v) is 11.4. The number of nitrogens with zero attached hydrogens (tertiary/aromatic N) is 1. The number of Topliss-reactive ketones (excluding diaryl/α,β-unsaturated/α-hetero) is 1. The van der Waals surface area contributed by atoms with E-state index in [4.69, 9.17) is 11.6 Å². The number of unbranched alkanes of at least 4 members (excludes halogenated alkanes) is 1. The summed E-state index contributed by atoms with van der Waals surface area (Å²) in [4.78, 5) is 26.9. The average molecular weight is 461 g/mol. The SMILES string of the molecule is Cl.O=C(CCCCNCCc1ccccc1Cl)c1cc2c3c(c1)CCC(=O)N3CCC2. The van der Waals surface area contributed by atoms with Crippen molar-refractivity contribution in [1.29, 1.82) is 0 Å². The van der Waals surface area contributed by atoms with E-state index in [-0.39, 0.29) is 24.1 Å². The maximum Gasteiger partial charge on any atom is 0.227 e. The molecule has 166 valence electrons. The standard InChI is InChI=1S/C25H29ClN2O2.ClH/c26-22-8-2-1-6-18(22)12-14-27-13-4-3-9-23(29)21-16-19-7-5-15-28-24(30)11-10-20(17-21)25(19)28;/h1-2,6,8,16-17,27H,3-5,7,9-15H2;1H. The Morgan fingerprint density at radius 2 is 1.81 bits per heavy atom. The Balaban J connectivity index is 0.00000272. The summed E-state index contributed by atoms with van der Waals surface area (Å²) in [6, 6.07) is 12.0. The van der Waals surface area contributed by atoms with E-state index in [1.807, 2.05) is 35.2 Å². The fourth-order valence-corrected chi connectivity index (χ4v) is 4.77. The van der Waals surface area contributed by atoms with Crippen molar-refractivity contribution in [2.45, 2.75) is 51.4 Å². The second kappa shape index (κ2) is 11.1.